The van der Waals surface area contributed by atoms with Gasteiger partial charge in [0.2, 0.25) is 0 Å². The van der Waals surface area contributed by atoms with Crippen molar-refractivity contribution in [2.24, 2.45) is 0 Å². The molecule has 0 aliphatic carbocycles. The third-order valence-corrected chi connectivity index (χ3v) is 5.49. The van der Waals surface area contributed by atoms with E-state index in [0.717, 1.165) is 42.9 Å². The zero-order valence-electron chi connectivity index (χ0n) is 16.7. The van der Waals surface area contributed by atoms with Crippen molar-refractivity contribution in [1.29, 1.82) is 0 Å². The van der Waals surface area contributed by atoms with Crippen LogP contribution in [-0.4, -0.2) is 54.2 Å². The minimum absolute atomic E-state index is 0.277. The van der Waals surface area contributed by atoms with E-state index in [2.05, 4.69) is 20.5 Å². The van der Waals surface area contributed by atoms with E-state index in [0.29, 0.717) is 24.4 Å². The number of hydrogen-bond donors (Lipinski definition) is 2. The third kappa shape index (κ3) is 4.12. The fourth-order valence-electron chi connectivity index (χ4n) is 4.03. The Morgan fingerprint density at radius 2 is 2.07 bits per heavy atom. The largest absolute Gasteiger partial charge is 0.463 e. The first-order valence-electron chi connectivity index (χ1n) is 10.1. The number of benzene rings is 1. The van der Waals surface area contributed by atoms with Gasteiger partial charge in [0.25, 0.3) is 0 Å². The smallest absolute Gasteiger partial charge is 0.337 e. The molecule has 2 aromatic rings. The molecule has 4 rings (SSSR count). The molecule has 29 heavy (non-hydrogen) atoms. The maximum absolute atomic E-state index is 12.4. The van der Waals surface area contributed by atoms with E-state index in [1.165, 1.54) is 0 Å². The second kappa shape index (κ2) is 8.24. The van der Waals surface area contributed by atoms with Gasteiger partial charge >= 0.3 is 12.0 Å². The first-order chi connectivity index (χ1) is 14.0. The van der Waals surface area contributed by atoms with Crippen molar-refractivity contribution in [2.45, 2.75) is 38.6 Å². The van der Waals surface area contributed by atoms with Gasteiger partial charge in [0.15, 0.2) is 11.5 Å². The number of oxazole rings is 1. The highest BCUT2D eigenvalue weighted by molar-refractivity contribution is 5.94. The number of amides is 2. The molecular weight excluding hydrogens is 372 g/mol. The van der Waals surface area contributed by atoms with Gasteiger partial charge in [-0.2, -0.15) is 0 Å². The van der Waals surface area contributed by atoms with Gasteiger partial charge in [-0.15, -0.1) is 0 Å². The number of urea groups is 1. The van der Waals surface area contributed by atoms with E-state index in [-0.39, 0.29) is 24.0 Å². The Balaban J connectivity index is 1.44. The van der Waals surface area contributed by atoms with Gasteiger partial charge in [0, 0.05) is 18.2 Å². The summed E-state index contributed by atoms with van der Waals surface area (Å²) < 4.78 is 11.1. The van der Waals surface area contributed by atoms with Crippen molar-refractivity contribution in [2.75, 3.05) is 26.2 Å². The van der Waals surface area contributed by atoms with Crippen molar-refractivity contribution in [3.63, 3.8) is 0 Å². The number of carbonyl (C=O) groups is 2. The van der Waals surface area contributed by atoms with E-state index in [9.17, 15) is 9.59 Å². The highest BCUT2D eigenvalue weighted by Crippen LogP contribution is 2.30. The van der Waals surface area contributed by atoms with Gasteiger partial charge in [0.1, 0.15) is 5.52 Å². The molecule has 0 spiro atoms. The summed E-state index contributed by atoms with van der Waals surface area (Å²) >= 11 is 0. The number of esters is 1. The molecule has 0 radical (unpaired) electrons. The molecule has 1 saturated heterocycles. The summed E-state index contributed by atoms with van der Waals surface area (Å²) in [6.45, 7) is 6.04. The molecule has 1 fully saturated rings. The standard InChI is InChI=1S/C21H26N4O4/c1-3-28-20(26)18-13(2)22-21(27)24-16(18)12-25-10-8-14(9-11-25)19-23-15-6-4-5-7-17(15)29-19/h4-7,13-14H,3,8-12H2,1-2H3,(H2,22,24,27). The van der Waals surface area contributed by atoms with Crippen LogP contribution in [0.3, 0.4) is 0 Å². The molecule has 3 heterocycles. The first kappa shape index (κ1) is 19.4. The van der Waals surface area contributed by atoms with Crippen LogP contribution in [-0.2, 0) is 9.53 Å². The number of nitrogens with one attached hydrogen (secondary N) is 2. The summed E-state index contributed by atoms with van der Waals surface area (Å²) in [7, 11) is 0. The molecule has 2 aliphatic heterocycles. The number of carbonyl (C=O) groups excluding carboxylic acids is 2. The lowest BCUT2D eigenvalue weighted by atomic mass is 9.96. The average molecular weight is 398 g/mol. The predicted octanol–water partition coefficient (Wildman–Crippen LogP) is 2.53. The predicted molar refractivity (Wildman–Crippen MR) is 107 cm³/mol. The SMILES string of the molecule is CCOC(=O)C1=C(CN2CCC(c3nc4ccccc4o3)CC2)NC(=O)NC1C. The third-order valence-electron chi connectivity index (χ3n) is 5.49. The Kier molecular flexibility index (Phi) is 5.53. The van der Waals surface area contributed by atoms with Gasteiger partial charge in [-0.1, -0.05) is 12.1 Å². The molecule has 8 nitrogen and oxygen atoms in total. The summed E-state index contributed by atoms with van der Waals surface area (Å²) in [5.74, 6) is 0.684. The van der Waals surface area contributed by atoms with Crippen LogP contribution in [0.2, 0.25) is 0 Å². The quantitative estimate of drug-likeness (QED) is 0.752. The highest BCUT2D eigenvalue weighted by Gasteiger charge is 2.32. The number of aromatic nitrogens is 1. The summed E-state index contributed by atoms with van der Waals surface area (Å²) in [6.07, 6.45) is 1.83. The number of rotatable bonds is 5. The normalized spacial score (nSPS) is 21.2. The number of fused-ring (bicyclic) bond motifs is 1. The molecule has 2 N–H and O–H groups in total. The number of nitrogens with zero attached hydrogens (tertiary/aromatic N) is 2. The van der Waals surface area contributed by atoms with E-state index >= 15 is 0 Å². The van der Waals surface area contributed by atoms with Crippen molar-refractivity contribution < 1.29 is 18.7 Å². The number of ether oxygens (including phenoxy) is 1. The van der Waals surface area contributed by atoms with Crippen LogP contribution in [0.4, 0.5) is 4.79 Å². The molecule has 2 aliphatic rings. The van der Waals surface area contributed by atoms with E-state index in [1.54, 1.807) is 13.8 Å². The molecule has 0 saturated carbocycles. The minimum atomic E-state index is -0.385. The van der Waals surface area contributed by atoms with Gasteiger partial charge < -0.3 is 19.8 Å². The van der Waals surface area contributed by atoms with Crippen molar-refractivity contribution in [3.05, 3.63) is 41.4 Å². The minimum Gasteiger partial charge on any atom is -0.463 e. The summed E-state index contributed by atoms with van der Waals surface area (Å²) in [5.41, 5.74) is 2.83. The molecule has 154 valence electrons. The van der Waals surface area contributed by atoms with E-state index < -0.39 is 0 Å². The lowest BCUT2D eigenvalue weighted by molar-refractivity contribution is -0.139. The van der Waals surface area contributed by atoms with Crippen LogP contribution < -0.4 is 10.6 Å². The zero-order chi connectivity index (χ0) is 20.4. The Labute approximate surface area is 169 Å². The molecule has 0 bridgehead atoms. The molecule has 1 atom stereocenters. The Morgan fingerprint density at radius 3 is 2.79 bits per heavy atom. The lowest BCUT2D eigenvalue weighted by Gasteiger charge is -2.34. The average Bonchev–Trinajstić information content (AvgIpc) is 3.12. The van der Waals surface area contributed by atoms with E-state index in [1.807, 2.05) is 24.3 Å². The summed E-state index contributed by atoms with van der Waals surface area (Å²) in [6, 6.07) is 7.13. The number of hydrogen-bond acceptors (Lipinski definition) is 6. The lowest BCUT2D eigenvalue weighted by Crippen LogP contribution is -2.51. The fourth-order valence-corrected chi connectivity index (χ4v) is 4.03. The molecule has 1 unspecified atom stereocenters. The number of para-hydroxylation sites is 2. The van der Waals surface area contributed by atoms with Crippen LogP contribution in [0.15, 0.2) is 40.0 Å². The Bertz CT molecular complexity index is 910. The first-order valence-corrected chi connectivity index (χ1v) is 10.1. The fraction of sp³-hybridized carbons (Fsp3) is 0.476. The van der Waals surface area contributed by atoms with E-state index in [4.69, 9.17) is 9.15 Å². The van der Waals surface area contributed by atoms with Gasteiger partial charge in [-0.3, -0.25) is 4.90 Å². The summed E-state index contributed by atoms with van der Waals surface area (Å²) in [4.78, 5) is 31.2. The van der Waals surface area contributed by atoms with Gasteiger partial charge in [-0.25, -0.2) is 14.6 Å². The second-order valence-electron chi connectivity index (χ2n) is 7.50. The van der Waals surface area contributed by atoms with Crippen LogP contribution in [0.1, 0.15) is 38.5 Å². The maximum atomic E-state index is 12.4. The van der Waals surface area contributed by atoms with Gasteiger partial charge in [-0.05, 0) is 51.9 Å². The summed E-state index contributed by atoms with van der Waals surface area (Å²) in [5, 5.41) is 5.53. The molecule has 1 aromatic heterocycles. The zero-order valence-corrected chi connectivity index (χ0v) is 16.7. The second-order valence-corrected chi connectivity index (χ2v) is 7.50. The Morgan fingerprint density at radius 1 is 1.31 bits per heavy atom. The molecule has 8 heteroatoms. The number of likely N-dealkylation sites (tertiary alicyclic amines) is 1. The number of piperidine rings is 1. The maximum Gasteiger partial charge on any atom is 0.337 e. The van der Waals surface area contributed by atoms with Crippen LogP contribution >= 0.6 is 0 Å². The van der Waals surface area contributed by atoms with Crippen LogP contribution in [0, 0.1) is 0 Å². The van der Waals surface area contributed by atoms with Crippen molar-refractivity contribution >= 4 is 23.1 Å². The molecular formula is C21H26N4O4. The van der Waals surface area contributed by atoms with Crippen LogP contribution in [0.25, 0.3) is 11.1 Å². The molecule has 1 aromatic carbocycles. The Hall–Kier alpha value is -2.87. The van der Waals surface area contributed by atoms with Crippen molar-refractivity contribution in [3.8, 4) is 0 Å². The molecule has 2 amide bonds. The van der Waals surface area contributed by atoms with Crippen molar-refractivity contribution in [1.82, 2.24) is 20.5 Å². The van der Waals surface area contributed by atoms with Gasteiger partial charge in [0.05, 0.1) is 18.2 Å². The monoisotopic (exact) mass is 398 g/mol. The van der Waals surface area contributed by atoms with Crippen LogP contribution in [0.5, 0.6) is 0 Å². The topological polar surface area (TPSA) is 96.7 Å². The highest BCUT2D eigenvalue weighted by atomic mass is 16.5.